The minimum absolute atomic E-state index is 0.0000572. The van der Waals surface area contributed by atoms with E-state index in [1.165, 1.54) is 17.0 Å². The second-order valence-electron chi connectivity index (χ2n) is 8.16. The molecule has 0 aliphatic carbocycles. The minimum atomic E-state index is -0.815. The SMILES string of the molecule is CCCOc1ccc(/C(O)=C2/C(=O)C(=O)N(Cc3ccc(F)cc3)C2c2ccncc2)cc1C. The van der Waals surface area contributed by atoms with E-state index in [2.05, 4.69) is 4.98 Å². The van der Waals surface area contributed by atoms with Gasteiger partial charge in [-0.1, -0.05) is 19.1 Å². The van der Waals surface area contributed by atoms with Gasteiger partial charge in [-0.15, -0.1) is 0 Å². The third-order valence-corrected chi connectivity index (χ3v) is 5.74. The van der Waals surface area contributed by atoms with Crippen LogP contribution in [0.2, 0.25) is 0 Å². The molecule has 1 unspecified atom stereocenters. The van der Waals surface area contributed by atoms with Crippen molar-refractivity contribution in [1.82, 2.24) is 9.88 Å². The topological polar surface area (TPSA) is 79.7 Å². The zero-order valence-corrected chi connectivity index (χ0v) is 19.0. The smallest absolute Gasteiger partial charge is 0.295 e. The van der Waals surface area contributed by atoms with Crippen LogP contribution in [0, 0.1) is 12.7 Å². The third kappa shape index (κ3) is 4.55. The molecule has 1 amide bonds. The fourth-order valence-corrected chi connectivity index (χ4v) is 4.05. The first-order valence-corrected chi connectivity index (χ1v) is 11.1. The van der Waals surface area contributed by atoms with Gasteiger partial charge in [-0.2, -0.15) is 0 Å². The standard InChI is InChI=1S/C27H25FN2O4/c1-3-14-34-22-9-6-20(15-17(22)2)25(31)23-24(19-10-12-29-13-11-19)30(27(33)26(23)32)16-18-4-7-21(28)8-5-18/h4-13,15,24,31H,3,14,16H2,1-2H3/b25-23-. The molecule has 4 rings (SSSR count). The normalized spacial score (nSPS) is 17.3. The molecule has 0 radical (unpaired) electrons. The number of aliphatic hydroxyl groups is 1. The number of hydrogen-bond acceptors (Lipinski definition) is 5. The summed E-state index contributed by atoms with van der Waals surface area (Å²) in [6.45, 7) is 4.52. The Labute approximate surface area is 197 Å². The van der Waals surface area contributed by atoms with Crippen LogP contribution in [0.1, 0.15) is 41.6 Å². The molecular weight excluding hydrogens is 435 g/mol. The van der Waals surface area contributed by atoms with E-state index in [9.17, 15) is 19.1 Å². The number of hydrogen-bond donors (Lipinski definition) is 1. The molecule has 1 saturated heterocycles. The predicted octanol–water partition coefficient (Wildman–Crippen LogP) is 4.94. The molecule has 1 aromatic heterocycles. The zero-order valence-electron chi connectivity index (χ0n) is 19.0. The molecule has 1 aliphatic rings. The number of aliphatic hydroxyl groups excluding tert-OH is 1. The van der Waals surface area contributed by atoms with Gasteiger partial charge < -0.3 is 14.7 Å². The molecule has 7 heteroatoms. The van der Waals surface area contributed by atoms with Crippen LogP contribution in [0.3, 0.4) is 0 Å². The Balaban J connectivity index is 1.79. The molecule has 1 atom stereocenters. The summed E-state index contributed by atoms with van der Waals surface area (Å²) >= 11 is 0. The second-order valence-corrected chi connectivity index (χ2v) is 8.16. The average molecular weight is 461 g/mol. The molecule has 174 valence electrons. The van der Waals surface area contributed by atoms with Crippen molar-refractivity contribution in [3.63, 3.8) is 0 Å². The lowest BCUT2D eigenvalue weighted by atomic mass is 9.95. The number of rotatable bonds is 7. The molecule has 6 nitrogen and oxygen atoms in total. The van der Waals surface area contributed by atoms with Crippen molar-refractivity contribution in [3.8, 4) is 5.75 Å². The van der Waals surface area contributed by atoms with E-state index in [-0.39, 0.29) is 17.9 Å². The lowest BCUT2D eigenvalue weighted by molar-refractivity contribution is -0.140. The van der Waals surface area contributed by atoms with E-state index in [1.807, 2.05) is 13.8 Å². The number of ketones is 1. The number of likely N-dealkylation sites (tertiary alicyclic amines) is 1. The summed E-state index contributed by atoms with van der Waals surface area (Å²) in [5, 5.41) is 11.2. The van der Waals surface area contributed by atoms with Gasteiger partial charge in [-0.05, 0) is 72.5 Å². The molecule has 0 spiro atoms. The molecule has 34 heavy (non-hydrogen) atoms. The van der Waals surface area contributed by atoms with Gasteiger partial charge in [-0.3, -0.25) is 14.6 Å². The van der Waals surface area contributed by atoms with E-state index in [0.29, 0.717) is 29.0 Å². The van der Waals surface area contributed by atoms with Crippen molar-refractivity contribution >= 4 is 17.4 Å². The first-order valence-electron chi connectivity index (χ1n) is 11.1. The van der Waals surface area contributed by atoms with Crippen LogP contribution in [0.15, 0.2) is 72.6 Å². The van der Waals surface area contributed by atoms with E-state index in [0.717, 1.165) is 12.0 Å². The van der Waals surface area contributed by atoms with E-state index in [4.69, 9.17) is 4.74 Å². The van der Waals surface area contributed by atoms with Crippen LogP contribution < -0.4 is 4.74 Å². The second kappa shape index (κ2) is 9.87. The van der Waals surface area contributed by atoms with Crippen molar-refractivity contribution in [2.24, 2.45) is 0 Å². The van der Waals surface area contributed by atoms with Gasteiger partial charge in [-0.25, -0.2) is 4.39 Å². The van der Waals surface area contributed by atoms with E-state index < -0.39 is 23.5 Å². The van der Waals surface area contributed by atoms with Gasteiger partial charge in [0.1, 0.15) is 17.3 Å². The van der Waals surface area contributed by atoms with Crippen LogP contribution >= 0.6 is 0 Å². The number of aryl methyl sites for hydroxylation is 1. The number of ether oxygens (including phenoxy) is 1. The summed E-state index contributed by atoms with van der Waals surface area (Å²) < 4.78 is 19.1. The van der Waals surface area contributed by atoms with Crippen molar-refractivity contribution in [1.29, 1.82) is 0 Å². The van der Waals surface area contributed by atoms with Gasteiger partial charge in [0.2, 0.25) is 0 Å². The van der Waals surface area contributed by atoms with Crippen LogP contribution in [-0.4, -0.2) is 33.3 Å². The van der Waals surface area contributed by atoms with Crippen LogP contribution in [-0.2, 0) is 16.1 Å². The maximum Gasteiger partial charge on any atom is 0.295 e. The van der Waals surface area contributed by atoms with Crippen molar-refractivity contribution < 1.29 is 23.8 Å². The lowest BCUT2D eigenvalue weighted by Crippen LogP contribution is -2.29. The summed E-state index contributed by atoms with van der Waals surface area (Å²) in [5.74, 6) is -1.45. The summed E-state index contributed by atoms with van der Waals surface area (Å²) in [6.07, 6.45) is 4.00. The summed E-state index contributed by atoms with van der Waals surface area (Å²) in [6, 6.07) is 13.5. The number of Topliss-reactive ketones (excluding diaryl/α,β-unsaturated/α-hetero) is 1. The Morgan fingerprint density at radius 3 is 2.44 bits per heavy atom. The largest absolute Gasteiger partial charge is 0.507 e. The maximum absolute atomic E-state index is 13.4. The molecule has 1 fully saturated rings. The van der Waals surface area contributed by atoms with Gasteiger partial charge in [0.15, 0.2) is 0 Å². The van der Waals surface area contributed by atoms with Crippen molar-refractivity contribution in [3.05, 3.63) is 101 Å². The van der Waals surface area contributed by atoms with Gasteiger partial charge in [0.25, 0.3) is 11.7 Å². The summed E-state index contributed by atoms with van der Waals surface area (Å²) in [5.41, 5.74) is 2.52. The molecule has 1 aliphatic heterocycles. The molecule has 0 bridgehead atoms. The Morgan fingerprint density at radius 2 is 1.79 bits per heavy atom. The highest BCUT2D eigenvalue weighted by molar-refractivity contribution is 6.46. The monoisotopic (exact) mass is 460 g/mol. The minimum Gasteiger partial charge on any atom is -0.507 e. The van der Waals surface area contributed by atoms with Gasteiger partial charge in [0.05, 0.1) is 18.2 Å². The number of benzene rings is 2. The van der Waals surface area contributed by atoms with Crippen LogP contribution in [0.4, 0.5) is 4.39 Å². The first-order chi connectivity index (χ1) is 16.4. The maximum atomic E-state index is 13.4. The number of aromatic nitrogens is 1. The zero-order chi connectivity index (χ0) is 24.2. The highest BCUT2D eigenvalue weighted by Gasteiger charge is 2.46. The number of carbonyl (C=O) groups is 2. The van der Waals surface area contributed by atoms with Gasteiger partial charge in [0, 0.05) is 24.5 Å². The van der Waals surface area contributed by atoms with Crippen molar-refractivity contribution in [2.75, 3.05) is 6.61 Å². The summed E-state index contributed by atoms with van der Waals surface area (Å²) in [4.78, 5) is 31.6. The number of nitrogens with zero attached hydrogens (tertiary/aromatic N) is 2. The number of halogens is 1. The lowest BCUT2D eigenvalue weighted by Gasteiger charge is -2.25. The molecule has 2 aromatic carbocycles. The Bertz CT molecular complexity index is 1240. The highest BCUT2D eigenvalue weighted by Crippen LogP contribution is 2.40. The highest BCUT2D eigenvalue weighted by atomic mass is 19.1. The first kappa shape index (κ1) is 23.2. The third-order valence-electron chi connectivity index (χ3n) is 5.74. The van der Waals surface area contributed by atoms with E-state index in [1.54, 1.807) is 54.9 Å². The number of pyridine rings is 1. The summed E-state index contributed by atoms with van der Waals surface area (Å²) in [7, 11) is 0. The molecule has 3 aromatic rings. The van der Waals surface area contributed by atoms with E-state index >= 15 is 0 Å². The average Bonchev–Trinajstić information content (AvgIpc) is 3.09. The molecular formula is C27H25FN2O4. The fraction of sp³-hybridized carbons (Fsp3) is 0.222. The van der Waals surface area contributed by atoms with Crippen LogP contribution in [0.5, 0.6) is 5.75 Å². The number of carbonyl (C=O) groups excluding carboxylic acids is 2. The Hall–Kier alpha value is -4.00. The quantitative estimate of drug-likeness (QED) is 0.307. The van der Waals surface area contributed by atoms with Crippen molar-refractivity contribution in [2.45, 2.75) is 32.9 Å². The Morgan fingerprint density at radius 1 is 1.09 bits per heavy atom. The molecule has 2 heterocycles. The van der Waals surface area contributed by atoms with Gasteiger partial charge >= 0.3 is 0 Å². The number of amides is 1. The fourth-order valence-electron chi connectivity index (χ4n) is 4.05. The van der Waals surface area contributed by atoms with Crippen LogP contribution in [0.25, 0.3) is 5.76 Å². The predicted molar refractivity (Wildman–Crippen MR) is 125 cm³/mol. The molecule has 1 N–H and O–H groups in total. The molecule has 0 saturated carbocycles. The Kier molecular flexibility index (Phi) is 6.72.